The molecule has 2 aromatic carbocycles. The van der Waals surface area contributed by atoms with Gasteiger partial charge in [0.2, 0.25) is 5.91 Å². The molecule has 2 aromatic rings. The summed E-state index contributed by atoms with van der Waals surface area (Å²) in [4.78, 5) is 24.9. The Labute approximate surface area is 135 Å². The quantitative estimate of drug-likeness (QED) is 0.819. The van der Waals surface area contributed by atoms with Crippen LogP contribution in [0.15, 0.2) is 60.7 Å². The minimum Gasteiger partial charge on any atom is -0.481 e. The summed E-state index contributed by atoms with van der Waals surface area (Å²) in [5.41, 5.74) is 7.70. The molecule has 1 unspecified atom stereocenters. The maximum Gasteiger partial charge on any atom is 0.305 e. The lowest BCUT2D eigenvalue weighted by Crippen LogP contribution is -2.44. The smallest absolute Gasteiger partial charge is 0.305 e. The van der Waals surface area contributed by atoms with E-state index in [-0.39, 0.29) is 12.3 Å². The normalized spacial score (nSPS) is 11.7. The van der Waals surface area contributed by atoms with E-state index in [0.29, 0.717) is 13.1 Å². The molecule has 0 aromatic heterocycles. The number of amides is 1. The van der Waals surface area contributed by atoms with E-state index in [1.807, 2.05) is 60.7 Å². The second-order valence-electron chi connectivity index (χ2n) is 5.37. The molecule has 1 atom stereocenters. The largest absolute Gasteiger partial charge is 0.481 e. The number of hydrogen-bond acceptors (Lipinski definition) is 3. The van der Waals surface area contributed by atoms with E-state index >= 15 is 0 Å². The van der Waals surface area contributed by atoms with E-state index in [4.69, 9.17) is 10.8 Å². The van der Waals surface area contributed by atoms with Crippen LogP contribution in [0.5, 0.6) is 0 Å². The first kappa shape index (κ1) is 16.7. The van der Waals surface area contributed by atoms with Crippen LogP contribution in [0.1, 0.15) is 17.5 Å². The van der Waals surface area contributed by atoms with E-state index in [1.165, 1.54) is 0 Å². The van der Waals surface area contributed by atoms with Crippen molar-refractivity contribution in [1.29, 1.82) is 0 Å². The van der Waals surface area contributed by atoms with E-state index in [9.17, 15) is 9.59 Å². The van der Waals surface area contributed by atoms with Crippen LogP contribution in [0, 0.1) is 0 Å². The van der Waals surface area contributed by atoms with Crippen molar-refractivity contribution in [3.63, 3.8) is 0 Å². The average molecular weight is 312 g/mol. The number of rotatable bonds is 7. The summed E-state index contributed by atoms with van der Waals surface area (Å²) in [7, 11) is 0. The minimum atomic E-state index is -1.08. The number of carbonyl (C=O) groups excluding carboxylic acids is 1. The zero-order chi connectivity index (χ0) is 16.7. The highest BCUT2D eigenvalue weighted by Gasteiger charge is 2.23. The number of aliphatic carboxylic acids is 1. The van der Waals surface area contributed by atoms with Gasteiger partial charge in [-0.05, 0) is 11.1 Å². The molecule has 3 N–H and O–H groups in total. The van der Waals surface area contributed by atoms with Crippen molar-refractivity contribution in [1.82, 2.24) is 4.90 Å². The Kier molecular flexibility index (Phi) is 5.88. The van der Waals surface area contributed by atoms with Crippen LogP contribution in [0.2, 0.25) is 0 Å². The molecule has 120 valence electrons. The maximum absolute atomic E-state index is 12.5. The van der Waals surface area contributed by atoms with Gasteiger partial charge in [0.05, 0.1) is 12.5 Å². The zero-order valence-electron chi connectivity index (χ0n) is 12.8. The van der Waals surface area contributed by atoms with Crippen molar-refractivity contribution in [2.45, 2.75) is 25.6 Å². The second-order valence-corrected chi connectivity index (χ2v) is 5.37. The van der Waals surface area contributed by atoms with Crippen LogP contribution in [0.25, 0.3) is 0 Å². The van der Waals surface area contributed by atoms with Gasteiger partial charge < -0.3 is 15.7 Å². The standard InChI is InChI=1S/C18H20N2O3/c19-16(11-17(21)22)18(23)20(12-14-7-3-1-4-8-14)13-15-9-5-2-6-10-15/h1-10,16H,11-13,19H2,(H,21,22). The lowest BCUT2D eigenvalue weighted by atomic mass is 10.1. The number of hydrogen-bond donors (Lipinski definition) is 2. The Balaban J connectivity index is 2.16. The van der Waals surface area contributed by atoms with Crippen LogP contribution >= 0.6 is 0 Å². The Morgan fingerprint density at radius 2 is 1.35 bits per heavy atom. The number of nitrogens with zero attached hydrogens (tertiary/aromatic N) is 1. The Morgan fingerprint density at radius 1 is 0.913 bits per heavy atom. The summed E-state index contributed by atoms with van der Waals surface area (Å²) < 4.78 is 0. The van der Waals surface area contributed by atoms with Crippen molar-refractivity contribution in [3.8, 4) is 0 Å². The van der Waals surface area contributed by atoms with Crippen LogP contribution in [-0.4, -0.2) is 27.9 Å². The summed E-state index contributed by atoms with van der Waals surface area (Å²) in [6, 6.07) is 18.1. The highest BCUT2D eigenvalue weighted by Crippen LogP contribution is 2.12. The lowest BCUT2D eigenvalue weighted by molar-refractivity contribution is -0.142. The predicted octanol–water partition coefficient (Wildman–Crippen LogP) is 2.02. The molecule has 23 heavy (non-hydrogen) atoms. The Morgan fingerprint density at radius 3 is 1.74 bits per heavy atom. The van der Waals surface area contributed by atoms with Crippen molar-refractivity contribution in [2.75, 3.05) is 0 Å². The minimum absolute atomic E-state index is 0.361. The third-order valence-electron chi connectivity index (χ3n) is 3.46. The molecule has 0 heterocycles. The van der Waals surface area contributed by atoms with Gasteiger partial charge in [0, 0.05) is 13.1 Å². The zero-order valence-corrected chi connectivity index (χ0v) is 12.8. The molecule has 0 spiro atoms. The predicted molar refractivity (Wildman–Crippen MR) is 87.4 cm³/mol. The third kappa shape index (κ3) is 5.23. The molecule has 5 heteroatoms. The Bertz CT molecular complexity index is 602. The number of benzene rings is 2. The number of carbonyl (C=O) groups is 2. The first-order valence-corrected chi connectivity index (χ1v) is 7.40. The fourth-order valence-corrected chi connectivity index (χ4v) is 2.33. The molecule has 0 saturated heterocycles. The van der Waals surface area contributed by atoms with Crippen molar-refractivity contribution >= 4 is 11.9 Å². The number of carboxylic acid groups (broad SMARTS) is 1. The molecule has 1 amide bonds. The van der Waals surface area contributed by atoms with Crippen LogP contribution in [0.4, 0.5) is 0 Å². The number of nitrogens with two attached hydrogens (primary N) is 1. The fourth-order valence-electron chi connectivity index (χ4n) is 2.33. The van der Waals surface area contributed by atoms with E-state index in [2.05, 4.69) is 0 Å². The molecular formula is C18H20N2O3. The number of carboxylic acids is 1. The summed E-state index contributed by atoms with van der Waals surface area (Å²) >= 11 is 0. The van der Waals surface area contributed by atoms with E-state index in [0.717, 1.165) is 11.1 Å². The van der Waals surface area contributed by atoms with Gasteiger partial charge in [0.15, 0.2) is 0 Å². The SMILES string of the molecule is NC(CC(=O)O)C(=O)N(Cc1ccccc1)Cc1ccccc1. The van der Waals surface area contributed by atoms with Gasteiger partial charge in [0.25, 0.3) is 0 Å². The molecule has 0 aliphatic heterocycles. The molecule has 0 aliphatic rings. The topological polar surface area (TPSA) is 83.6 Å². The van der Waals surface area contributed by atoms with Gasteiger partial charge >= 0.3 is 5.97 Å². The molecule has 0 saturated carbocycles. The van der Waals surface area contributed by atoms with Gasteiger partial charge in [-0.2, -0.15) is 0 Å². The highest BCUT2D eigenvalue weighted by atomic mass is 16.4. The van der Waals surface area contributed by atoms with Crippen molar-refractivity contribution < 1.29 is 14.7 Å². The van der Waals surface area contributed by atoms with Gasteiger partial charge in [0.1, 0.15) is 0 Å². The molecule has 2 rings (SSSR count). The Hall–Kier alpha value is -2.66. The van der Waals surface area contributed by atoms with Gasteiger partial charge in [-0.15, -0.1) is 0 Å². The molecule has 0 radical (unpaired) electrons. The average Bonchev–Trinajstić information content (AvgIpc) is 2.55. The first-order valence-electron chi connectivity index (χ1n) is 7.40. The maximum atomic E-state index is 12.5. The molecule has 0 fully saturated rings. The van der Waals surface area contributed by atoms with Gasteiger partial charge in [-0.1, -0.05) is 60.7 Å². The monoisotopic (exact) mass is 312 g/mol. The lowest BCUT2D eigenvalue weighted by Gasteiger charge is -2.25. The first-order chi connectivity index (χ1) is 11.1. The van der Waals surface area contributed by atoms with Gasteiger partial charge in [-0.25, -0.2) is 0 Å². The molecular weight excluding hydrogens is 292 g/mol. The van der Waals surface area contributed by atoms with Crippen LogP contribution in [-0.2, 0) is 22.7 Å². The van der Waals surface area contributed by atoms with Crippen molar-refractivity contribution in [3.05, 3.63) is 71.8 Å². The fraction of sp³-hybridized carbons (Fsp3) is 0.222. The van der Waals surface area contributed by atoms with Crippen LogP contribution in [0.3, 0.4) is 0 Å². The third-order valence-corrected chi connectivity index (χ3v) is 3.46. The highest BCUT2D eigenvalue weighted by molar-refractivity contribution is 5.86. The van der Waals surface area contributed by atoms with Crippen molar-refractivity contribution in [2.24, 2.45) is 5.73 Å². The summed E-state index contributed by atoms with van der Waals surface area (Å²) in [6.45, 7) is 0.782. The molecule has 0 aliphatic carbocycles. The summed E-state index contributed by atoms with van der Waals surface area (Å²) in [5.74, 6) is -1.44. The summed E-state index contributed by atoms with van der Waals surface area (Å²) in [6.07, 6.45) is -0.376. The van der Waals surface area contributed by atoms with E-state index < -0.39 is 12.0 Å². The molecule has 5 nitrogen and oxygen atoms in total. The van der Waals surface area contributed by atoms with E-state index in [1.54, 1.807) is 4.90 Å². The van der Waals surface area contributed by atoms with Crippen LogP contribution < -0.4 is 5.73 Å². The molecule has 0 bridgehead atoms. The van der Waals surface area contributed by atoms with Gasteiger partial charge in [-0.3, -0.25) is 9.59 Å². The summed E-state index contributed by atoms with van der Waals surface area (Å²) in [5, 5.41) is 8.84. The second kappa shape index (κ2) is 8.10.